The summed E-state index contributed by atoms with van der Waals surface area (Å²) in [5, 5.41) is 3.27. The molecule has 26 heavy (non-hydrogen) atoms. The van der Waals surface area contributed by atoms with Crippen molar-refractivity contribution in [3.63, 3.8) is 0 Å². The largest absolute Gasteiger partial charge is 0.448 e. The highest BCUT2D eigenvalue weighted by molar-refractivity contribution is 7.14. The van der Waals surface area contributed by atoms with Crippen molar-refractivity contribution < 1.29 is 14.3 Å². The number of halogens is 2. The molecule has 1 heterocycles. The third kappa shape index (κ3) is 4.40. The second kappa shape index (κ2) is 8.42. The Balaban J connectivity index is 1.64. The van der Waals surface area contributed by atoms with Gasteiger partial charge in [-0.05, 0) is 56.4 Å². The van der Waals surface area contributed by atoms with Crippen LogP contribution in [-0.4, -0.2) is 18.0 Å². The maximum atomic E-state index is 12.4. The van der Waals surface area contributed by atoms with Gasteiger partial charge < -0.3 is 10.1 Å². The number of carbonyl (C=O) groups is 2. The molecular weight excluding hydrogens is 393 g/mol. The third-order valence-electron chi connectivity index (χ3n) is 4.31. The average molecular weight is 412 g/mol. The lowest BCUT2D eigenvalue weighted by Gasteiger charge is -2.14. The molecule has 3 rings (SSSR count). The van der Waals surface area contributed by atoms with Crippen molar-refractivity contribution in [1.82, 2.24) is 0 Å². The van der Waals surface area contributed by atoms with Gasteiger partial charge in [-0.25, -0.2) is 4.79 Å². The number of hydrogen-bond donors (Lipinski definition) is 1. The molecule has 0 saturated heterocycles. The molecule has 1 aliphatic carbocycles. The molecule has 0 saturated carbocycles. The van der Waals surface area contributed by atoms with E-state index in [9.17, 15) is 9.59 Å². The van der Waals surface area contributed by atoms with E-state index in [0.29, 0.717) is 20.6 Å². The predicted octanol–water partition coefficient (Wildman–Crippen LogP) is 5.51. The van der Waals surface area contributed by atoms with Gasteiger partial charge in [0.05, 0.1) is 15.7 Å². The zero-order valence-corrected chi connectivity index (χ0v) is 16.6. The van der Waals surface area contributed by atoms with Gasteiger partial charge in [0, 0.05) is 4.88 Å². The topological polar surface area (TPSA) is 55.4 Å². The van der Waals surface area contributed by atoms with Crippen LogP contribution in [0.4, 0.5) is 5.69 Å². The lowest BCUT2D eigenvalue weighted by molar-refractivity contribution is -0.123. The molecule has 0 bridgehead atoms. The normalized spacial score (nSPS) is 14.9. The van der Waals surface area contributed by atoms with Crippen LogP contribution in [0.5, 0.6) is 0 Å². The Bertz CT molecular complexity index is 790. The summed E-state index contributed by atoms with van der Waals surface area (Å²) in [5.41, 5.74) is 1.55. The van der Waals surface area contributed by atoms with Crippen molar-refractivity contribution in [3.05, 3.63) is 49.6 Å². The Labute approximate surface area is 166 Å². The van der Waals surface area contributed by atoms with Crippen LogP contribution in [0.15, 0.2) is 24.3 Å². The summed E-state index contributed by atoms with van der Waals surface area (Å²) < 4.78 is 5.33. The van der Waals surface area contributed by atoms with Crippen LogP contribution in [0.2, 0.25) is 10.0 Å². The number of carbonyl (C=O) groups excluding carboxylic acids is 2. The van der Waals surface area contributed by atoms with Gasteiger partial charge in [-0.15, -0.1) is 11.3 Å². The number of aryl methyl sites for hydroxylation is 2. The Morgan fingerprint density at radius 2 is 1.85 bits per heavy atom. The van der Waals surface area contributed by atoms with Crippen molar-refractivity contribution >= 4 is 52.1 Å². The molecular formula is C19H19Cl2NO3S. The first-order valence-electron chi connectivity index (χ1n) is 8.53. The fourth-order valence-electron chi connectivity index (χ4n) is 2.88. The van der Waals surface area contributed by atoms with Crippen LogP contribution in [0.3, 0.4) is 0 Å². The van der Waals surface area contributed by atoms with E-state index in [2.05, 4.69) is 5.32 Å². The van der Waals surface area contributed by atoms with Crippen LogP contribution >= 0.6 is 34.5 Å². The van der Waals surface area contributed by atoms with Crippen LogP contribution < -0.4 is 5.32 Å². The molecule has 1 aliphatic rings. The predicted molar refractivity (Wildman–Crippen MR) is 106 cm³/mol. The zero-order valence-electron chi connectivity index (χ0n) is 14.3. The highest BCUT2D eigenvalue weighted by Gasteiger charge is 2.23. The number of rotatable bonds is 4. The molecule has 1 aromatic heterocycles. The fourth-order valence-corrected chi connectivity index (χ4v) is 4.51. The maximum absolute atomic E-state index is 12.4. The minimum Gasteiger partial charge on any atom is -0.448 e. The summed E-state index contributed by atoms with van der Waals surface area (Å²) in [4.78, 5) is 26.5. The van der Waals surface area contributed by atoms with E-state index in [4.69, 9.17) is 27.9 Å². The lowest BCUT2D eigenvalue weighted by atomic mass is 10.1. The molecule has 0 aliphatic heterocycles. The van der Waals surface area contributed by atoms with Gasteiger partial charge in [0.2, 0.25) is 0 Å². The number of amides is 1. The number of esters is 1. The van der Waals surface area contributed by atoms with E-state index in [0.717, 1.165) is 25.7 Å². The summed E-state index contributed by atoms with van der Waals surface area (Å²) in [6.07, 6.45) is 4.57. The van der Waals surface area contributed by atoms with Crippen molar-refractivity contribution in [3.8, 4) is 0 Å². The number of hydrogen-bond acceptors (Lipinski definition) is 4. The third-order valence-corrected chi connectivity index (χ3v) is 6.16. The number of anilines is 1. The van der Waals surface area contributed by atoms with E-state index in [1.54, 1.807) is 18.2 Å². The Hall–Kier alpha value is -1.56. The van der Waals surface area contributed by atoms with Crippen LogP contribution in [0, 0.1) is 0 Å². The smallest absolute Gasteiger partial charge is 0.349 e. The molecule has 1 amide bonds. The van der Waals surface area contributed by atoms with E-state index in [1.807, 2.05) is 6.07 Å². The highest BCUT2D eigenvalue weighted by atomic mass is 35.5. The molecule has 4 nitrogen and oxygen atoms in total. The molecule has 1 N–H and O–H groups in total. The van der Waals surface area contributed by atoms with Gasteiger partial charge in [-0.3, -0.25) is 4.79 Å². The molecule has 0 radical (unpaired) electrons. The van der Waals surface area contributed by atoms with Gasteiger partial charge in [-0.1, -0.05) is 35.7 Å². The number of para-hydroxylation sites is 1. The maximum Gasteiger partial charge on any atom is 0.349 e. The molecule has 0 spiro atoms. The molecule has 1 aromatic carbocycles. The highest BCUT2D eigenvalue weighted by Crippen LogP contribution is 2.31. The second-order valence-corrected chi connectivity index (χ2v) is 8.20. The minimum atomic E-state index is -0.961. The number of nitrogens with one attached hydrogen (secondary N) is 1. The first-order valence-corrected chi connectivity index (χ1v) is 10.1. The van der Waals surface area contributed by atoms with Crippen molar-refractivity contribution in [2.24, 2.45) is 0 Å². The summed E-state index contributed by atoms with van der Waals surface area (Å²) in [6.45, 7) is 1.52. The quantitative estimate of drug-likeness (QED) is 0.532. The van der Waals surface area contributed by atoms with Gasteiger partial charge in [0.25, 0.3) is 5.91 Å². The van der Waals surface area contributed by atoms with E-state index in [-0.39, 0.29) is 0 Å². The molecule has 138 valence electrons. The van der Waals surface area contributed by atoms with Crippen molar-refractivity contribution in [2.45, 2.75) is 45.1 Å². The van der Waals surface area contributed by atoms with Gasteiger partial charge in [0.15, 0.2) is 6.10 Å². The Morgan fingerprint density at radius 3 is 2.58 bits per heavy atom. The number of ether oxygens (including phenoxy) is 1. The first kappa shape index (κ1) is 19.2. The molecule has 1 atom stereocenters. The molecule has 0 fully saturated rings. The van der Waals surface area contributed by atoms with Gasteiger partial charge >= 0.3 is 5.97 Å². The SMILES string of the molecule is C[C@H](OC(=O)c1cc2c(s1)CCCCC2)C(=O)Nc1c(Cl)cccc1Cl. The summed E-state index contributed by atoms with van der Waals surface area (Å²) in [6, 6.07) is 6.84. The first-order chi connectivity index (χ1) is 12.5. The number of thiophene rings is 1. The Kier molecular flexibility index (Phi) is 6.22. The zero-order chi connectivity index (χ0) is 18.7. The van der Waals surface area contributed by atoms with E-state index in [1.165, 1.54) is 35.1 Å². The molecule has 2 aromatic rings. The van der Waals surface area contributed by atoms with Gasteiger partial charge in [-0.2, -0.15) is 0 Å². The van der Waals surface area contributed by atoms with Crippen LogP contribution in [-0.2, 0) is 22.4 Å². The number of benzene rings is 1. The Morgan fingerprint density at radius 1 is 1.15 bits per heavy atom. The molecule has 0 unspecified atom stereocenters. The van der Waals surface area contributed by atoms with Gasteiger partial charge in [0.1, 0.15) is 4.88 Å². The summed E-state index contributed by atoms with van der Waals surface area (Å²) in [7, 11) is 0. The van der Waals surface area contributed by atoms with Crippen LogP contribution in [0.25, 0.3) is 0 Å². The van der Waals surface area contributed by atoms with E-state index < -0.39 is 18.0 Å². The number of fused-ring (bicyclic) bond motifs is 1. The minimum absolute atomic E-state index is 0.312. The van der Waals surface area contributed by atoms with Crippen molar-refractivity contribution in [1.29, 1.82) is 0 Å². The standard InChI is InChI=1S/C19H19Cl2NO3S/c1-11(18(23)22-17-13(20)7-5-8-14(17)21)25-19(24)16-10-12-6-3-2-4-9-15(12)26-16/h5,7-8,10-11H,2-4,6,9H2,1H3,(H,22,23)/t11-/m0/s1. The summed E-state index contributed by atoms with van der Waals surface area (Å²) in [5.74, 6) is -0.956. The van der Waals surface area contributed by atoms with Crippen LogP contribution in [0.1, 0.15) is 46.3 Å². The summed E-state index contributed by atoms with van der Waals surface area (Å²) >= 11 is 13.6. The monoisotopic (exact) mass is 411 g/mol. The lowest BCUT2D eigenvalue weighted by Crippen LogP contribution is -2.30. The van der Waals surface area contributed by atoms with Crippen molar-refractivity contribution in [2.75, 3.05) is 5.32 Å². The van der Waals surface area contributed by atoms with E-state index >= 15 is 0 Å². The fraction of sp³-hybridized carbons (Fsp3) is 0.368. The second-order valence-electron chi connectivity index (χ2n) is 6.25. The molecule has 7 heteroatoms. The average Bonchev–Trinajstić information content (AvgIpc) is 2.89.